The zero-order valence-electron chi connectivity index (χ0n) is 8.56. The van der Waals surface area contributed by atoms with E-state index in [9.17, 15) is 9.59 Å². The van der Waals surface area contributed by atoms with Crippen molar-refractivity contribution >= 4 is 11.6 Å². The van der Waals surface area contributed by atoms with Crippen LogP contribution in [-0.2, 0) is 9.59 Å². The van der Waals surface area contributed by atoms with Gasteiger partial charge in [0.2, 0.25) is 6.79 Å². The molecule has 1 heterocycles. The molecule has 1 fully saturated rings. The second-order valence-corrected chi connectivity index (χ2v) is 3.98. The van der Waals surface area contributed by atoms with E-state index < -0.39 is 5.92 Å². The Morgan fingerprint density at radius 3 is 2.44 bits per heavy atom. The third kappa shape index (κ3) is 1.30. The molecule has 0 saturated heterocycles. The standard InChI is InChI=1S/C12H10O4/c13-8-2-3-9(14)12(8)7-1-4-10-11(5-7)16-6-15-10/h1,4-5,12H,2-3,6H2. The van der Waals surface area contributed by atoms with Crippen molar-refractivity contribution in [2.24, 2.45) is 0 Å². The van der Waals surface area contributed by atoms with Crippen molar-refractivity contribution in [2.45, 2.75) is 18.8 Å². The van der Waals surface area contributed by atoms with Crippen LogP contribution in [-0.4, -0.2) is 18.4 Å². The van der Waals surface area contributed by atoms with Crippen molar-refractivity contribution in [3.8, 4) is 11.5 Å². The Morgan fingerprint density at radius 1 is 1.00 bits per heavy atom. The lowest BCUT2D eigenvalue weighted by atomic mass is 9.96. The molecule has 2 aliphatic rings. The molecule has 1 aromatic rings. The number of Topliss-reactive ketones (excluding diaryl/α,β-unsaturated/α-hetero) is 2. The van der Waals surface area contributed by atoms with Crippen LogP contribution in [0.3, 0.4) is 0 Å². The van der Waals surface area contributed by atoms with E-state index in [0.29, 0.717) is 24.3 Å². The maximum Gasteiger partial charge on any atom is 0.231 e. The Hall–Kier alpha value is -1.84. The number of ketones is 2. The predicted molar refractivity (Wildman–Crippen MR) is 54.6 cm³/mol. The molecule has 82 valence electrons. The van der Waals surface area contributed by atoms with Crippen molar-refractivity contribution in [3.05, 3.63) is 23.8 Å². The number of ether oxygens (including phenoxy) is 2. The summed E-state index contributed by atoms with van der Waals surface area (Å²) in [7, 11) is 0. The molecule has 0 radical (unpaired) electrons. The number of fused-ring (bicyclic) bond motifs is 1. The van der Waals surface area contributed by atoms with E-state index in [0.717, 1.165) is 5.56 Å². The third-order valence-corrected chi connectivity index (χ3v) is 2.99. The first-order chi connectivity index (χ1) is 7.75. The highest BCUT2D eigenvalue weighted by Crippen LogP contribution is 2.37. The predicted octanol–water partition coefficient (Wildman–Crippen LogP) is 1.43. The van der Waals surface area contributed by atoms with Crippen LogP contribution in [0.1, 0.15) is 24.3 Å². The van der Waals surface area contributed by atoms with E-state index in [4.69, 9.17) is 9.47 Å². The molecule has 0 atom stereocenters. The van der Waals surface area contributed by atoms with Crippen LogP contribution in [0.4, 0.5) is 0 Å². The van der Waals surface area contributed by atoms with Gasteiger partial charge in [-0.05, 0) is 17.7 Å². The molecule has 0 aromatic heterocycles. The highest BCUT2D eigenvalue weighted by Gasteiger charge is 2.34. The molecule has 0 bridgehead atoms. The molecule has 16 heavy (non-hydrogen) atoms. The first kappa shape index (κ1) is 9.39. The molecule has 1 saturated carbocycles. The second-order valence-electron chi connectivity index (χ2n) is 3.98. The van der Waals surface area contributed by atoms with E-state index in [1.54, 1.807) is 18.2 Å². The van der Waals surface area contributed by atoms with Crippen molar-refractivity contribution in [1.29, 1.82) is 0 Å². The lowest BCUT2D eigenvalue weighted by Crippen LogP contribution is -2.11. The van der Waals surface area contributed by atoms with Crippen molar-refractivity contribution < 1.29 is 19.1 Å². The molecule has 1 aromatic carbocycles. The first-order valence-corrected chi connectivity index (χ1v) is 5.21. The third-order valence-electron chi connectivity index (χ3n) is 2.99. The average molecular weight is 218 g/mol. The van der Waals surface area contributed by atoms with Crippen LogP contribution in [0.15, 0.2) is 18.2 Å². The number of benzene rings is 1. The summed E-state index contributed by atoms with van der Waals surface area (Å²) >= 11 is 0. The van der Waals surface area contributed by atoms with Gasteiger partial charge in [-0.25, -0.2) is 0 Å². The topological polar surface area (TPSA) is 52.6 Å². The fraction of sp³-hybridized carbons (Fsp3) is 0.333. The maximum absolute atomic E-state index is 11.6. The van der Waals surface area contributed by atoms with Crippen LogP contribution in [0, 0.1) is 0 Å². The Morgan fingerprint density at radius 2 is 1.69 bits per heavy atom. The van der Waals surface area contributed by atoms with E-state index in [-0.39, 0.29) is 18.4 Å². The molecular weight excluding hydrogens is 208 g/mol. The summed E-state index contributed by atoms with van der Waals surface area (Å²) in [6, 6.07) is 5.24. The second kappa shape index (κ2) is 3.33. The summed E-state index contributed by atoms with van der Waals surface area (Å²) in [5.74, 6) is 0.703. The van der Waals surface area contributed by atoms with Gasteiger partial charge in [0.15, 0.2) is 11.5 Å². The van der Waals surface area contributed by atoms with Gasteiger partial charge in [-0.2, -0.15) is 0 Å². The van der Waals surface area contributed by atoms with Gasteiger partial charge in [0.25, 0.3) is 0 Å². The Bertz CT molecular complexity index is 462. The molecule has 1 aliphatic heterocycles. The fourth-order valence-corrected chi connectivity index (χ4v) is 2.18. The van der Waals surface area contributed by atoms with Gasteiger partial charge >= 0.3 is 0 Å². The Balaban J connectivity index is 2.00. The number of hydrogen-bond donors (Lipinski definition) is 0. The first-order valence-electron chi connectivity index (χ1n) is 5.21. The largest absolute Gasteiger partial charge is 0.454 e. The molecule has 4 nitrogen and oxygen atoms in total. The molecule has 4 heteroatoms. The summed E-state index contributed by atoms with van der Waals surface area (Å²) < 4.78 is 10.4. The van der Waals surface area contributed by atoms with Gasteiger partial charge in [-0.3, -0.25) is 9.59 Å². The normalized spacial score (nSPS) is 19.5. The number of hydrogen-bond acceptors (Lipinski definition) is 4. The lowest BCUT2D eigenvalue weighted by molar-refractivity contribution is -0.123. The van der Waals surface area contributed by atoms with Crippen LogP contribution >= 0.6 is 0 Å². The van der Waals surface area contributed by atoms with Crippen LogP contribution in [0.5, 0.6) is 11.5 Å². The SMILES string of the molecule is O=C1CCC(=O)C1c1ccc2c(c1)OCO2. The summed E-state index contributed by atoms with van der Waals surface area (Å²) in [5, 5.41) is 0. The molecule has 1 aliphatic carbocycles. The van der Waals surface area contributed by atoms with E-state index in [2.05, 4.69) is 0 Å². The zero-order valence-corrected chi connectivity index (χ0v) is 8.56. The molecular formula is C12H10O4. The van der Waals surface area contributed by atoms with Crippen molar-refractivity contribution in [2.75, 3.05) is 6.79 Å². The quantitative estimate of drug-likeness (QED) is 0.669. The zero-order chi connectivity index (χ0) is 11.1. The van der Waals surface area contributed by atoms with E-state index >= 15 is 0 Å². The van der Waals surface area contributed by atoms with Gasteiger partial charge in [0, 0.05) is 12.8 Å². The van der Waals surface area contributed by atoms with Gasteiger partial charge in [-0.15, -0.1) is 0 Å². The fourth-order valence-electron chi connectivity index (χ4n) is 2.18. The Kier molecular flexibility index (Phi) is 1.96. The number of rotatable bonds is 1. The van der Waals surface area contributed by atoms with Gasteiger partial charge in [0.05, 0.1) is 0 Å². The van der Waals surface area contributed by atoms with Gasteiger partial charge in [-0.1, -0.05) is 6.07 Å². The molecule has 0 unspecified atom stereocenters. The molecule has 0 amide bonds. The van der Waals surface area contributed by atoms with Crippen LogP contribution in [0.2, 0.25) is 0 Å². The van der Waals surface area contributed by atoms with Gasteiger partial charge < -0.3 is 9.47 Å². The summed E-state index contributed by atoms with van der Waals surface area (Å²) in [5.41, 5.74) is 0.719. The minimum absolute atomic E-state index is 0.00358. The summed E-state index contributed by atoms with van der Waals surface area (Å²) in [6.45, 7) is 0.200. The summed E-state index contributed by atoms with van der Waals surface area (Å²) in [4.78, 5) is 23.2. The van der Waals surface area contributed by atoms with E-state index in [1.807, 2.05) is 0 Å². The van der Waals surface area contributed by atoms with Crippen molar-refractivity contribution in [1.82, 2.24) is 0 Å². The smallest absolute Gasteiger partial charge is 0.231 e. The monoisotopic (exact) mass is 218 g/mol. The average Bonchev–Trinajstić information content (AvgIpc) is 2.85. The summed E-state index contributed by atoms with van der Waals surface area (Å²) in [6.07, 6.45) is 0.718. The minimum atomic E-state index is -0.588. The number of carbonyl (C=O) groups is 2. The van der Waals surface area contributed by atoms with Crippen molar-refractivity contribution in [3.63, 3.8) is 0 Å². The molecule has 0 N–H and O–H groups in total. The molecule has 3 rings (SSSR count). The number of carbonyl (C=O) groups excluding carboxylic acids is 2. The van der Waals surface area contributed by atoms with E-state index in [1.165, 1.54) is 0 Å². The Labute approximate surface area is 92.2 Å². The van der Waals surface area contributed by atoms with Gasteiger partial charge in [0.1, 0.15) is 17.5 Å². The van der Waals surface area contributed by atoms with Crippen LogP contribution in [0.25, 0.3) is 0 Å². The highest BCUT2D eigenvalue weighted by molar-refractivity contribution is 6.13. The minimum Gasteiger partial charge on any atom is -0.454 e. The van der Waals surface area contributed by atoms with Crippen LogP contribution < -0.4 is 9.47 Å². The maximum atomic E-state index is 11.6. The molecule has 0 spiro atoms. The highest BCUT2D eigenvalue weighted by atomic mass is 16.7. The lowest BCUT2D eigenvalue weighted by Gasteiger charge is -2.07.